The van der Waals surface area contributed by atoms with Crippen molar-refractivity contribution >= 4 is 17.8 Å². The summed E-state index contributed by atoms with van der Waals surface area (Å²) in [6.07, 6.45) is 7.67. The molecule has 0 amide bonds. The van der Waals surface area contributed by atoms with Gasteiger partial charge in [0.05, 0.1) is 0 Å². The number of hydrogen-bond donors (Lipinski definition) is 2. The van der Waals surface area contributed by atoms with Gasteiger partial charge in [-0.3, -0.25) is 0 Å². The summed E-state index contributed by atoms with van der Waals surface area (Å²) in [4.78, 5) is 13.9. The minimum atomic E-state index is 0.126. The van der Waals surface area contributed by atoms with Gasteiger partial charge in [0.25, 0.3) is 0 Å². The molecule has 0 bridgehead atoms. The Morgan fingerprint density at radius 1 is 1.26 bits per heavy atom. The molecule has 1 rings (SSSR count). The standard InChI is InChI=1S/C13H20N6/c1-4-7-10(8-5-2)9-19(6-3)13-17-11(14)16-12(15)18-13/h4-5,7-8H,1,6,9H2,2-3H3,(H4,14,15,16,17,18)/b8-5-,10-7+. The number of aromatic nitrogens is 3. The molecule has 0 aromatic carbocycles. The molecule has 0 aliphatic rings. The molecule has 0 atom stereocenters. The summed E-state index contributed by atoms with van der Waals surface area (Å²) in [6, 6.07) is 0. The van der Waals surface area contributed by atoms with Crippen LogP contribution in [0.1, 0.15) is 13.8 Å². The molecule has 0 saturated heterocycles. The molecule has 1 aromatic heterocycles. The highest BCUT2D eigenvalue weighted by Crippen LogP contribution is 2.12. The Hall–Kier alpha value is -2.37. The van der Waals surface area contributed by atoms with E-state index in [1.165, 1.54) is 0 Å². The topological polar surface area (TPSA) is 94.0 Å². The third-order valence-electron chi connectivity index (χ3n) is 2.41. The molecule has 0 unspecified atom stereocenters. The zero-order valence-electron chi connectivity index (χ0n) is 11.4. The van der Waals surface area contributed by atoms with Crippen LogP contribution in [0.4, 0.5) is 17.8 Å². The van der Waals surface area contributed by atoms with E-state index < -0.39 is 0 Å². The molecule has 19 heavy (non-hydrogen) atoms. The number of likely N-dealkylation sites (N-methyl/N-ethyl adjacent to an activating group) is 1. The molecule has 1 aromatic rings. The molecular formula is C13H20N6. The second kappa shape index (κ2) is 7.15. The lowest BCUT2D eigenvalue weighted by Gasteiger charge is -2.21. The van der Waals surface area contributed by atoms with Crippen molar-refractivity contribution in [1.29, 1.82) is 0 Å². The quantitative estimate of drug-likeness (QED) is 0.754. The summed E-state index contributed by atoms with van der Waals surface area (Å²) in [7, 11) is 0. The molecule has 1 heterocycles. The molecule has 0 spiro atoms. The van der Waals surface area contributed by atoms with Gasteiger partial charge in [-0.2, -0.15) is 15.0 Å². The molecule has 6 heteroatoms. The number of allylic oxidation sites excluding steroid dienone is 3. The fourth-order valence-corrected chi connectivity index (χ4v) is 1.61. The van der Waals surface area contributed by atoms with Crippen molar-refractivity contribution in [2.75, 3.05) is 29.5 Å². The first-order chi connectivity index (χ1) is 9.10. The van der Waals surface area contributed by atoms with E-state index >= 15 is 0 Å². The smallest absolute Gasteiger partial charge is 0.232 e. The van der Waals surface area contributed by atoms with Crippen molar-refractivity contribution in [2.45, 2.75) is 13.8 Å². The van der Waals surface area contributed by atoms with E-state index in [4.69, 9.17) is 11.5 Å². The van der Waals surface area contributed by atoms with Gasteiger partial charge < -0.3 is 16.4 Å². The van der Waals surface area contributed by atoms with Gasteiger partial charge in [-0.25, -0.2) is 0 Å². The van der Waals surface area contributed by atoms with Gasteiger partial charge in [0, 0.05) is 13.1 Å². The first-order valence-electron chi connectivity index (χ1n) is 6.07. The third-order valence-corrected chi connectivity index (χ3v) is 2.41. The Kier molecular flexibility index (Phi) is 5.53. The van der Waals surface area contributed by atoms with Crippen molar-refractivity contribution in [2.24, 2.45) is 0 Å². The van der Waals surface area contributed by atoms with Gasteiger partial charge in [0.15, 0.2) is 0 Å². The van der Waals surface area contributed by atoms with Gasteiger partial charge in [0.2, 0.25) is 17.8 Å². The lowest BCUT2D eigenvalue weighted by atomic mass is 10.2. The molecule has 102 valence electrons. The number of rotatable bonds is 6. The zero-order chi connectivity index (χ0) is 14.3. The summed E-state index contributed by atoms with van der Waals surface area (Å²) >= 11 is 0. The van der Waals surface area contributed by atoms with E-state index in [1.54, 1.807) is 6.08 Å². The van der Waals surface area contributed by atoms with Crippen molar-refractivity contribution in [3.05, 3.63) is 36.5 Å². The van der Waals surface area contributed by atoms with E-state index in [2.05, 4.69) is 21.5 Å². The number of anilines is 3. The Morgan fingerprint density at radius 2 is 1.89 bits per heavy atom. The Bertz CT molecular complexity index is 472. The summed E-state index contributed by atoms with van der Waals surface area (Å²) in [6.45, 7) is 9.06. The Labute approximate surface area is 113 Å². The van der Waals surface area contributed by atoms with E-state index in [0.29, 0.717) is 12.5 Å². The molecule has 0 saturated carbocycles. The van der Waals surface area contributed by atoms with Crippen LogP contribution in [-0.4, -0.2) is 28.0 Å². The van der Waals surface area contributed by atoms with Gasteiger partial charge in [0.1, 0.15) is 0 Å². The van der Waals surface area contributed by atoms with Gasteiger partial charge >= 0.3 is 0 Å². The predicted molar refractivity (Wildman–Crippen MR) is 79.6 cm³/mol. The maximum absolute atomic E-state index is 5.59. The Morgan fingerprint density at radius 3 is 2.37 bits per heavy atom. The number of hydrogen-bond acceptors (Lipinski definition) is 6. The number of nitrogens with zero attached hydrogens (tertiary/aromatic N) is 4. The predicted octanol–water partition coefficient (Wildman–Crippen LogP) is 1.55. The van der Waals surface area contributed by atoms with Crippen LogP contribution in [0.2, 0.25) is 0 Å². The first kappa shape index (κ1) is 14.7. The largest absolute Gasteiger partial charge is 0.368 e. The van der Waals surface area contributed by atoms with Crippen LogP contribution < -0.4 is 16.4 Å². The Balaban J connectivity index is 2.99. The normalized spacial score (nSPS) is 11.8. The van der Waals surface area contributed by atoms with E-state index in [-0.39, 0.29) is 11.9 Å². The van der Waals surface area contributed by atoms with Crippen LogP contribution in [-0.2, 0) is 0 Å². The van der Waals surface area contributed by atoms with E-state index in [9.17, 15) is 0 Å². The van der Waals surface area contributed by atoms with Crippen molar-refractivity contribution in [3.63, 3.8) is 0 Å². The summed E-state index contributed by atoms with van der Waals surface area (Å²) in [5.74, 6) is 0.731. The van der Waals surface area contributed by atoms with Crippen LogP contribution in [0, 0.1) is 0 Å². The molecule has 0 aliphatic carbocycles. The van der Waals surface area contributed by atoms with Crippen molar-refractivity contribution in [3.8, 4) is 0 Å². The fourth-order valence-electron chi connectivity index (χ4n) is 1.61. The van der Waals surface area contributed by atoms with Crippen LogP contribution in [0.5, 0.6) is 0 Å². The molecule has 0 aliphatic heterocycles. The highest BCUT2D eigenvalue weighted by Gasteiger charge is 2.10. The van der Waals surface area contributed by atoms with E-state index in [1.807, 2.05) is 37.0 Å². The van der Waals surface area contributed by atoms with Gasteiger partial charge in [-0.1, -0.05) is 30.9 Å². The van der Waals surface area contributed by atoms with Crippen LogP contribution >= 0.6 is 0 Å². The third kappa shape index (κ3) is 4.42. The van der Waals surface area contributed by atoms with Crippen molar-refractivity contribution in [1.82, 2.24) is 15.0 Å². The van der Waals surface area contributed by atoms with Crippen LogP contribution in [0.15, 0.2) is 36.5 Å². The molecule has 4 N–H and O–H groups in total. The number of nitrogens with two attached hydrogens (primary N) is 2. The summed E-state index contributed by atoms with van der Waals surface area (Å²) < 4.78 is 0. The second-order valence-corrected chi connectivity index (χ2v) is 3.84. The minimum Gasteiger partial charge on any atom is -0.368 e. The maximum atomic E-state index is 5.59. The highest BCUT2D eigenvalue weighted by molar-refractivity contribution is 5.42. The molecule has 6 nitrogen and oxygen atoms in total. The lowest BCUT2D eigenvalue weighted by molar-refractivity contribution is 0.835. The lowest BCUT2D eigenvalue weighted by Crippen LogP contribution is -2.27. The average Bonchev–Trinajstić information content (AvgIpc) is 2.35. The van der Waals surface area contributed by atoms with Crippen LogP contribution in [0.25, 0.3) is 0 Å². The van der Waals surface area contributed by atoms with Gasteiger partial charge in [-0.05, 0) is 19.4 Å². The SMILES string of the molecule is C=C/C=C(\C=C/C)CN(CC)c1nc(N)nc(N)n1. The second-order valence-electron chi connectivity index (χ2n) is 3.84. The van der Waals surface area contributed by atoms with Crippen molar-refractivity contribution < 1.29 is 0 Å². The maximum Gasteiger partial charge on any atom is 0.232 e. The zero-order valence-corrected chi connectivity index (χ0v) is 11.4. The molecule has 0 radical (unpaired) electrons. The minimum absolute atomic E-state index is 0.126. The van der Waals surface area contributed by atoms with E-state index in [0.717, 1.165) is 12.1 Å². The summed E-state index contributed by atoms with van der Waals surface area (Å²) in [5, 5.41) is 0. The monoisotopic (exact) mass is 260 g/mol. The molecule has 0 fully saturated rings. The number of nitrogen functional groups attached to an aromatic ring is 2. The summed E-state index contributed by atoms with van der Waals surface area (Å²) in [5.41, 5.74) is 12.3. The first-order valence-corrected chi connectivity index (χ1v) is 6.07. The van der Waals surface area contributed by atoms with Gasteiger partial charge in [-0.15, -0.1) is 0 Å². The highest BCUT2D eigenvalue weighted by atomic mass is 15.3. The van der Waals surface area contributed by atoms with Crippen LogP contribution in [0.3, 0.4) is 0 Å². The fraction of sp³-hybridized carbons (Fsp3) is 0.308. The average molecular weight is 260 g/mol. The molecular weight excluding hydrogens is 240 g/mol.